The zero-order chi connectivity index (χ0) is 12.7. The van der Waals surface area contributed by atoms with Gasteiger partial charge in [0.2, 0.25) is 0 Å². The van der Waals surface area contributed by atoms with E-state index in [0.29, 0.717) is 12.1 Å². The van der Waals surface area contributed by atoms with Crippen molar-refractivity contribution < 1.29 is 14.7 Å². The van der Waals surface area contributed by atoms with E-state index in [9.17, 15) is 9.59 Å². The molecule has 1 aromatic heterocycles. The lowest BCUT2D eigenvalue weighted by Crippen LogP contribution is -2.21. The van der Waals surface area contributed by atoms with Crippen LogP contribution >= 0.6 is 0 Å². The summed E-state index contributed by atoms with van der Waals surface area (Å²) in [7, 11) is 0. The fourth-order valence-corrected chi connectivity index (χ4v) is 1.84. The summed E-state index contributed by atoms with van der Waals surface area (Å²) in [6.45, 7) is 2.10. The van der Waals surface area contributed by atoms with Gasteiger partial charge in [-0.25, -0.2) is 0 Å². The second-order valence-corrected chi connectivity index (χ2v) is 4.17. The first-order chi connectivity index (χ1) is 8.16. The quantitative estimate of drug-likeness (QED) is 0.539. The molecule has 0 amide bonds. The van der Waals surface area contributed by atoms with Gasteiger partial charge in [0, 0.05) is 18.3 Å². The molecule has 0 fully saturated rings. The Hall–Kier alpha value is -1.58. The first kappa shape index (κ1) is 13.5. The number of rotatable bonds is 8. The van der Waals surface area contributed by atoms with Gasteiger partial charge in [0.25, 0.3) is 0 Å². The molecule has 94 valence electrons. The fraction of sp³-hybridized carbons (Fsp3) is 0.538. The molecule has 4 nitrogen and oxygen atoms in total. The Bertz CT molecular complexity index is 357. The molecular weight excluding hydrogens is 218 g/mol. The van der Waals surface area contributed by atoms with Gasteiger partial charge in [-0.1, -0.05) is 26.2 Å². The number of Topliss-reactive ketones (excluding diaryl/α,β-unsaturated/α-hetero) is 1. The standard InChI is InChI=1S/C13H19NO3/c1-2-3-4-5-8-11(15)12(13(16)17)10-7-6-9-14-10/h6-7,9,12,14H,2-5,8H2,1H3,(H,16,17). The topological polar surface area (TPSA) is 70.2 Å². The highest BCUT2D eigenvalue weighted by molar-refractivity contribution is 6.03. The first-order valence-electron chi connectivity index (χ1n) is 6.05. The molecule has 17 heavy (non-hydrogen) atoms. The summed E-state index contributed by atoms with van der Waals surface area (Å²) in [5.74, 6) is -2.32. The van der Waals surface area contributed by atoms with E-state index >= 15 is 0 Å². The number of hydrogen-bond acceptors (Lipinski definition) is 2. The van der Waals surface area contributed by atoms with Crippen molar-refractivity contribution in [3.8, 4) is 0 Å². The smallest absolute Gasteiger partial charge is 0.320 e. The molecule has 0 aliphatic carbocycles. The second-order valence-electron chi connectivity index (χ2n) is 4.17. The number of carboxylic acids is 1. The minimum Gasteiger partial charge on any atom is -0.480 e. The SMILES string of the molecule is CCCCCCC(=O)C(C(=O)O)c1ccc[nH]1. The molecule has 0 saturated heterocycles. The molecule has 1 heterocycles. The van der Waals surface area contributed by atoms with Crippen molar-refractivity contribution in [2.75, 3.05) is 0 Å². The number of H-pyrrole nitrogens is 1. The van der Waals surface area contributed by atoms with Gasteiger partial charge in [0.15, 0.2) is 11.7 Å². The fourth-order valence-electron chi connectivity index (χ4n) is 1.84. The lowest BCUT2D eigenvalue weighted by Gasteiger charge is -2.09. The molecule has 0 spiro atoms. The Balaban J connectivity index is 2.54. The Labute approximate surface area is 101 Å². The molecule has 0 aromatic carbocycles. The van der Waals surface area contributed by atoms with Crippen LogP contribution in [0.15, 0.2) is 18.3 Å². The van der Waals surface area contributed by atoms with Crippen molar-refractivity contribution >= 4 is 11.8 Å². The largest absolute Gasteiger partial charge is 0.480 e. The maximum absolute atomic E-state index is 11.8. The Morgan fingerprint density at radius 3 is 2.65 bits per heavy atom. The third-order valence-electron chi connectivity index (χ3n) is 2.78. The molecule has 0 bridgehead atoms. The van der Waals surface area contributed by atoms with E-state index in [1.54, 1.807) is 18.3 Å². The molecule has 0 radical (unpaired) electrons. The summed E-state index contributed by atoms with van der Waals surface area (Å²) >= 11 is 0. The maximum atomic E-state index is 11.8. The zero-order valence-corrected chi connectivity index (χ0v) is 10.1. The normalized spacial score (nSPS) is 12.3. The Morgan fingerprint density at radius 2 is 2.12 bits per heavy atom. The summed E-state index contributed by atoms with van der Waals surface area (Å²) in [6, 6.07) is 3.35. The van der Waals surface area contributed by atoms with Crippen LogP contribution in [-0.4, -0.2) is 21.8 Å². The predicted octanol–water partition coefficient (Wildman–Crippen LogP) is 2.72. The molecule has 1 unspecified atom stereocenters. The molecule has 0 aliphatic heterocycles. The van der Waals surface area contributed by atoms with E-state index < -0.39 is 11.9 Å². The summed E-state index contributed by atoms with van der Waals surface area (Å²) in [5.41, 5.74) is 0.470. The van der Waals surface area contributed by atoms with Crippen LogP contribution < -0.4 is 0 Å². The van der Waals surface area contributed by atoms with Crippen LogP contribution in [0.1, 0.15) is 50.6 Å². The highest BCUT2D eigenvalue weighted by atomic mass is 16.4. The number of carbonyl (C=O) groups is 2. The van der Waals surface area contributed by atoms with Gasteiger partial charge in [-0.2, -0.15) is 0 Å². The van der Waals surface area contributed by atoms with Crippen LogP contribution in [0.2, 0.25) is 0 Å². The van der Waals surface area contributed by atoms with Crippen LogP contribution in [0.3, 0.4) is 0 Å². The highest BCUT2D eigenvalue weighted by Crippen LogP contribution is 2.18. The van der Waals surface area contributed by atoms with Crippen LogP contribution in [0.25, 0.3) is 0 Å². The van der Waals surface area contributed by atoms with Crippen LogP contribution in [-0.2, 0) is 9.59 Å². The number of carboxylic acid groups (broad SMARTS) is 1. The third-order valence-corrected chi connectivity index (χ3v) is 2.78. The van der Waals surface area contributed by atoms with Crippen LogP contribution in [0.4, 0.5) is 0 Å². The first-order valence-corrected chi connectivity index (χ1v) is 6.05. The van der Waals surface area contributed by atoms with Crippen molar-refractivity contribution in [2.45, 2.75) is 44.9 Å². The van der Waals surface area contributed by atoms with E-state index in [4.69, 9.17) is 5.11 Å². The van der Waals surface area contributed by atoms with Crippen LogP contribution in [0.5, 0.6) is 0 Å². The van der Waals surface area contributed by atoms with Crippen molar-refractivity contribution in [3.63, 3.8) is 0 Å². The van der Waals surface area contributed by atoms with Crippen molar-refractivity contribution in [1.82, 2.24) is 4.98 Å². The van der Waals surface area contributed by atoms with Crippen molar-refractivity contribution in [1.29, 1.82) is 0 Å². The number of hydrogen-bond donors (Lipinski definition) is 2. The summed E-state index contributed by atoms with van der Waals surface area (Å²) < 4.78 is 0. The Kier molecular flexibility index (Phi) is 5.46. The van der Waals surface area contributed by atoms with Crippen LogP contribution in [0, 0.1) is 0 Å². The van der Waals surface area contributed by atoms with Gasteiger partial charge >= 0.3 is 5.97 Å². The number of nitrogens with one attached hydrogen (secondary N) is 1. The van der Waals surface area contributed by atoms with E-state index in [-0.39, 0.29) is 5.78 Å². The minimum absolute atomic E-state index is 0.212. The third kappa shape index (κ3) is 4.06. The molecular formula is C13H19NO3. The van der Waals surface area contributed by atoms with Gasteiger partial charge in [-0.05, 0) is 18.6 Å². The summed E-state index contributed by atoms with van der Waals surface area (Å²) in [5, 5.41) is 9.08. The second kappa shape index (κ2) is 6.89. The summed E-state index contributed by atoms with van der Waals surface area (Å²) in [6.07, 6.45) is 5.93. The highest BCUT2D eigenvalue weighted by Gasteiger charge is 2.27. The molecule has 1 rings (SSSR count). The Morgan fingerprint density at radius 1 is 1.35 bits per heavy atom. The molecule has 1 atom stereocenters. The van der Waals surface area contributed by atoms with Gasteiger partial charge < -0.3 is 10.1 Å². The van der Waals surface area contributed by atoms with Crippen molar-refractivity contribution in [2.24, 2.45) is 0 Å². The van der Waals surface area contributed by atoms with E-state index in [1.165, 1.54) is 0 Å². The van der Waals surface area contributed by atoms with Crippen molar-refractivity contribution in [3.05, 3.63) is 24.0 Å². The number of aromatic amines is 1. The van der Waals surface area contributed by atoms with Gasteiger partial charge in [0.1, 0.15) is 0 Å². The zero-order valence-electron chi connectivity index (χ0n) is 10.1. The minimum atomic E-state index is -1.08. The number of carbonyl (C=O) groups excluding carboxylic acids is 1. The molecule has 4 heteroatoms. The predicted molar refractivity (Wildman–Crippen MR) is 64.9 cm³/mol. The monoisotopic (exact) mass is 237 g/mol. The number of unbranched alkanes of at least 4 members (excludes halogenated alkanes) is 3. The van der Waals surface area contributed by atoms with E-state index in [1.807, 2.05) is 0 Å². The lowest BCUT2D eigenvalue weighted by atomic mass is 9.96. The number of aromatic nitrogens is 1. The maximum Gasteiger partial charge on any atom is 0.320 e. The molecule has 1 aromatic rings. The summed E-state index contributed by atoms with van der Waals surface area (Å²) in [4.78, 5) is 25.7. The molecule has 0 saturated carbocycles. The number of aliphatic carboxylic acids is 1. The number of ketones is 1. The van der Waals surface area contributed by atoms with E-state index in [0.717, 1.165) is 25.7 Å². The van der Waals surface area contributed by atoms with Gasteiger partial charge in [-0.3, -0.25) is 9.59 Å². The molecule has 0 aliphatic rings. The van der Waals surface area contributed by atoms with Gasteiger partial charge in [-0.15, -0.1) is 0 Å². The lowest BCUT2D eigenvalue weighted by molar-refractivity contribution is -0.142. The van der Waals surface area contributed by atoms with E-state index in [2.05, 4.69) is 11.9 Å². The molecule has 2 N–H and O–H groups in total. The average molecular weight is 237 g/mol. The average Bonchev–Trinajstić information content (AvgIpc) is 2.77. The van der Waals surface area contributed by atoms with Gasteiger partial charge in [0.05, 0.1) is 0 Å².